The van der Waals surface area contributed by atoms with Crippen molar-refractivity contribution in [3.05, 3.63) is 44.7 Å². The number of carboxylic acid groups (broad SMARTS) is 2. The monoisotopic (exact) mass is 708 g/mol. The minimum absolute atomic E-state index is 0.0213. The van der Waals surface area contributed by atoms with Gasteiger partial charge in [-0.05, 0) is 46.1 Å². The van der Waals surface area contributed by atoms with Crippen LogP contribution in [0.2, 0.25) is 0 Å². The van der Waals surface area contributed by atoms with Crippen LogP contribution in [-0.2, 0) is 38.8 Å². The fourth-order valence-corrected chi connectivity index (χ4v) is 6.46. The van der Waals surface area contributed by atoms with E-state index in [0.29, 0.717) is 41.0 Å². The summed E-state index contributed by atoms with van der Waals surface area (Å²) in [6, 6.07) is 3.09. The molecule has 0 fully saturated rings. The SMILES string of the molecule is COc1cc2c(cc1OCCCOc1c(Br)c3c(c(F)c1OC)CN(C(=O)C[C@H](C)C(=O)O)C3C)CN(C(=O)C[C@H](C)C(=O)O)C2. The lowest BCUT2D eigenvalue weighted by molar-refractivity contribution is -0.146. The zero-order chi connectivity index (χ0) is 33.9. The fourth-order valence-electron chi connectivity index (χ4n) is 5.59. The van der Waals surface area contributed by atoms with Crippen LogP contribution < -0.4 is 18.9 Å². The van der Waals surface area contributed by atoms with E-state index in [1.165, 1.54) is 33.0 Å². The van der Waals surface area contributed by atoms with E-state index in [9.17, 15) is 24.3 Å². The highest BCUT2D eigenvalue weighted by molar-refractivity contribution is 9.10. The summed E-state index contributed by atoms with van der Waals surface area (Å²) in [4.78, 5) is 51.0. The Balaban J connectivity index is 1.39. The lowest BCUT2D eigenvalue weighted by Gasteiger charge is -2.23. The van der Waals surface area contributed by atoms with Crippen molar-refractivity contribution in [2.45, 2.75) is 65.7 Å². The molecule has 12 nitrogen and oxygen atoms in total. The number of carbonyl (C=O) groups excluding carboxylic acids is 2. The molecule has 0 radical (unpaired) electrons. The van der Waals surface area contributed by atoms with Gasteiger partial charge in [-0.15, -0.1) is 0 Å². The normalized spacial score (nSPS) is 16.4. The van der Waals surface area contributed by atoms with Gasteiger partial charge < -0.3 is 39.0 Å². The smallest absolute Gasteiger partial charge is 0.306 e. The predicted molar refractivity (Wildman–Crippen MR) is 165 cm³/mol. The van der Waals surface area contributed by atoms with Gasteiger partial charge >= 0.3 is 11.9 Å². The highest BCUT2D eigenvalue weighted by Gasteiger charge is 2.39. The maximum Gasteiger partial charge on any atom is 0.306 e. The number of hydrogen-bond acceptors (Lipinski definition) is 8. The second kappa shape index (κ2) is 14.6. The van der Waals surface area contributed by atoms with E-state index in [-0.39, 0.29) is 55.6 Å². The van der Waals surface area contributed by atoms with Crippen LogP contribution in [-0.4, -0.2) is 71.2 Å². The number of hydrogen-bond donors (Lipinski definition) is 2. The molecule has 0 bridgehead atoms. The molecule has 2 heterocycles. The highest BCUT2D eigenvalue weighted by Crippen LogP contribution is 2.49. The molecule has 1 unspecified atom stereocenters. The first-order valence-electron chi connectivity index (χ1n) is 14.8. The first kappa shape index (κ1) is 34.8. The lowest BCUT2D eigenvalue weighted by atomic mass is 10.0. The summed E-state index contributed by atoms with van der Waals surface area (Å²) < 4.78 is 38.9. The van der Waals surface area contributed by atoms with Gasteiger partial charge in [0.1, 0.15) is 0 Å². The maximum absolute atomic E-state index is 15.6. The number of methoxy groups -OCH3 is 2. The number of benzene rings is 2. The van der Waals surface area contributed by atoms with Crippen molar-refractivity contribution in [2.24, 2.45) is 11.8 Å². The number of carboxylic acids is 2. The molecule has 2 amide bonds. The summed E-state index contributed by atoms with van der Waals surface area (Å²) in [5, 5.41) is 18.3. The van der Waals surface area contributed by atoms with Crippen molar-refractivity contribution in [3.63, 3.8) is 0 Å². The Morgan fingerprint density at radius 1 is 0.891 bits per heavy atom. The van der Waals surface area contributed by atoms with Gasteiger partial charge in [0.05, 0.1) is 49.8 Å². The predicted octanol–water partition coefficient (Wildman–Crippen LogP) is 4.92. The molecule has 0 aliphatic carbocycles. The van der Waals surface area contributed by atoms with Gasteiger partial charge in [0, 0.05) is 50.0 Å². The minimum Gasteiger partial charge on any atom is -0.493 e. The third kappa shape index (κ3) is 7.16. The Morgan fingerprint density at radius 2 is 1.46 bits per heavy atom. The number of halogens is 2. The Kier molecular flexibility index (Phi) is 11.0. The second-order valence-corrected chi connectivity index (χ2v) is 12.3. The molecule has 0 saturated heterocycles. The maximum atomic E-state index is 15.6. The molecular weight excluding hydrogens is 671 g/mol. The van der Waals surface area contributed by atoms with Gasteiger partial charge in [0.15, 0.2) is 28.8 Å². The zero-order valence-electron chi connectivity index (χ0n) is 26.4. The Hall–Kier alpha value is -4.07. The summed E-state index contributed by atoms with van der Waals surface area (Å²) in [6.07, 6.45) is 0.116. The van der Waals surface area contributed by atoms with E-state index in [1.54, 1.807) is 11.8 Å². The average Bonchev–Trinajstić information content (AvgIpc) is 3.59. The summed E-state index contributed by atoms with van der Waals surface area (Å²) in [5.74, 6) is -4.01. The molecule has 2 aromatic rings. The van der Waals surface area contributed by atoms with Crippen LogP contribution in [0.15, 0.2) is 16.6 Å². The number of aliphatic carboxylic acids is 2. The number of fused-ring (bicyclic) bond motifs is 2. The third-order valence-electron chi connectivity index (χ3n) is 8.33. The number of carbonyl (C=O) groups is 4. The Labute approximate surface area is 274 Å². The van der Waals surface area contributed by atoms with E-state index in [2.05, 4.69) is 15.9 Å². The van der Waals surface area contributed by atoms with E-state index in [0.717, 1.165) is 11.1 Å². The van der Waals surface area contributed by atoms with Gasteiger partial charge in [0.2, 0.25) is 11.8 Å². The molecule has 0 saturated carbocycles. The van der Waals surface area contributed by atoms with Crippen molar-refractivity contribution < 1.29 is 52.7 Å². The van der Waals surface area contributed by atoms with E-state index < -0.39 is 41.5 Å². The minimum atomic E-state index is -1.08. The third-order valence-corrected chi connectivity index (χ3v) is 9.12. The van der Waals surface area contributed by atoms with Crippen LogP contribution in [0.25, 0.3) is 0 Å². The molecule has 0 aromatic heterocycles. The van der Waals surface area contributed by atoms with Gasteiger partial charge in [-0.3, -0.25) is 19.2 Å². The number of amides is 2. The number of ether oxygens (including phenoxy) is 4. The summed E-state index contributed by atoms with van der Waals surface area (Å²) in [6.45, 7) is 5.73. The first-order valence-corrected chi connectivity index (χ1v) is 15.6. The van der Waals surface area contributed by atoms with Crippen molar-refractivity contribution >= 4 is 39.7 Å². The molecular formula is C32H38BrFN2O10. The first-order chi connectivity index (χ1) is 21.8. The molecule has 250 valence electrons. The Morgan fingerprint density at radius 3 is 2.02 bits per heavy atom. The molecule has 46 heavy (non-hydrogen) atoms. The van der Waals surface area contributed by atoms with Crippen LogP contribution in [0.1, 0.15) is 68.3 Å². The molecule has 3 atom stereocenters. The molecule has 4 rings (SSSR count). The second-order valence-electron chi connectivity index (χ2n) is 11.5. The Bertz CT molecular complexity index is 1530. The highest BCUT2D eigenvalue weighted by atomic mass is 79.9. The topological polar surface area (TPSA) is 152 Å². The molecule has 2 N–H and O–H groups in total. The largest absolute Gasteiger partial charge is 0.493 e. The molecule has 2 aromatic carbocycles. The molecule has 0 spiro atoms. The summed E-state index contributed by atoms with van der Waals surface area (Å²) >= 11 is 3.53. The van der Waals surface area contributed by atoms with Crippen molar-refractivity contribution in [2.75, 3.05) is 27.4 Å². The molecule has 14 heteroatoms. The van der Waals surface area contributed by atoms with E-state index in [4.69, 9.17) is 24.1 Å². The quantitative estimate of drug-likeness (QED) is 0.259. The lowest BCUT2D eigenvalue weighted by Crippen LogP contribution is -2.31. The van der Waals surface area contributed by atoms with Gasteiger partial charge in [-0.25, -0.2) is 4.39 Å². The number of nitrogens with zero attached hydrogens (tertiary/aromatic N) is 2. The van der Waals surface area contributed by atoms with Crippen molar-refractivity contribution in [1.82, 2.24) is 9.80 Å². The standard InChI is InChI=1S/C32H38BrFN2O10/c1-16(31(39)40)9-24(37)35-13-19-11-22(43-4)23(12-20(19)14-35)45-7-6-8-46-29-27(33)26-18(3)36(25(38)10-17(2)32(41)42)15-21(26)28(34)30(29)44-5/h11-12,16-18H,6-10,13-15H2,1-5H3,(H,39,40)(H,41,42)/t16-,17-,18?/m0/s1. The van der Waals surface area contributed by atoms with Crippen LogP contribution in [0.4, 0.5) is 4.39 Å². The van der Waals surface area contributed by atoms with Gasteiger partial charge in [-0.1, -0.05) is 13.8 Å². The average molecular weight is 710 g/mol. The van der Waals surface area contributed by atoms with Crippen molar-refractivity contribution in [1.29, 1.82) is 0 Å². The number of rotatable bonds is 14. The van der Waals surface area contributed by atoms with E-state index >= 15 is 4.39 Å². The van der Waals surface area contributed by atoms with Crippen LogP contribution in [0.5, 0.6) is 23.0 Å². The van der Waals surface area contributed by atoms with Crippen LogP contribution in [0, 0.1) is 17.7 Å². The van der Waals surface area contributed by atoms with Gasteiger partial charge in [0.25, 0.3) is 0 Å². The fraction of sp³-hybridized carbons (Fsp3) is 0.500. The van der Waals surface area contributed by atoms with E-state index in [1.807, 2.05) is 12.1 Å². The zero-order valence-corrected chi connectivity index (χ0v) is 27.9. The van der Waals surface area contributed by atoms with Crippen molar-refractivity contribution in [3.8, 4) is 23.0 Å². The van der Waals surface area contributed by atoms with Crippen LogP contribution in [0.3, 0.4) is 0 Å². The summed E-state index contributed by atoms with van der Waals surface area (Å²) in [5.41, 5.74) is 2.59. The molecule has 2 aliphatic heterocycles. The van der Waals surface area contributed by atoms with Gasteiger partial charge in [-0.2, -0.15) is 0 Å². The summed E-state index contributed by atoms with van der Waals surface area (Å²) in [7, 11) is 2.84. The molecule has 2 aliphatic rings. The van der Waals surface area contributed by atoms with Crippen LogP contribution >= 0.6 is 15.9 Å².